The molecule has 0 aliphatic carbocycles. The Morgan fingerprint density at radius 3 is 2.56 bits per heavy atom. The van der Waals surface area contributed by atoms with Crippen LogP contribution in [0.3, 0.4) is 0 Å². The highest BCUT2D eigenvalue weighted by atomic mass is 19.2. The lowest BCUT2D eigenvalue weighted by molar-refractivity contribution is -0.133. The Bertz CT molecular complexity index is 1700. The molecule has 0 bridgehead atoms. The number of piperazine rings is 1. The fourth-order valence-electron chi connectivity index (χ4n) is 7.26. The Morgan fingerprint density at radius 2 is 1.89 bits per heavy atom. The summed E-state index contributed by atoms with van der Waals surface area (Å²) in [4.78, 5) is 25.3. The number of halogens is 3. The van der Waals surface area contributed by atoms with Gasteiger partial charge in [0, 0.05) is 54.4 Å². The summed E-state index contributed by atoms with van der Waals surface area (Å²) in [7, 11) is 2.05. The molecule has 11 heteroatoms. The summed E-state index contributed by atoms with van der Waals surface area (Å²) in [5.41, 5.74) is 3.18. The van der Waals surface area contributed by atoms with E-state index in [2.05, 4.69) is 29.5 Å². The molecule has 1 aromatic heterocycles. The number of ether oxygens (including phenoxy) is 1. The number of likely N-dealkylation sites (N-methyl/N-ethyl adjacent to an activating group) is 1. The number of hydrogen-bond acceptors (Lipinski definition) is 7. The Hall–Kier alpha value is -4.30. The third kappa shape index (κ3) is 5.56. The highest BCUT2D eigenvalue weighted by Crippen LogP contribution is 2.40. The Labute approximate surface area is 261 Å². The van der Waals surface area contributed by atoms with E-state index in [0.717, 1.165) is 31.0 Å². The highest BCUT2D eigenvalue weighted by Gasteiger charge is 2.38. The van der Waals surface area contributed by atoms with Crippen LogP contribution in [0, 0.1) is 23.0 Å². The van der Waals surface area contributed by atoms with Crippen LogP contribution in [-0.4, -0.2) is 78.7 Å². The first-order valence-electron chi connectivity index (χ1n) is 15.4. The number of hydrogen-bond donors (Lipinski definition) is 0. The molecule has 2 saturated heterocycles. The molecule has 0 N–H and O–H groups in total. The van der Waals surface area contributed by atoms with Gasteiger partial charge in [0.25, 0.3) is 5.91 Å². The van der Waals surface area contributed by atoms with Crippen LogP contribution in [0.1, 0.15) is 43.5 Å². The zero-order valence-electron chi connectivity index (χ0n) is 25.8. The maximum atomic E-state index is 15.1. The highest BCUT2D eigenvalue weighted by molar-refractivity contribution is 5.95. The van der Waals surface area contributed by atoms with Gasteiger partial charge in [0.2, 0.25) is 5.88 Å². The van der Waals surface area contributed by atoms with Crippen molar-refractivity contribution in [2.75, 3.05) is 49.6 Å². The topological polar surface area (TPSA) is 75.9 Å². The van der Waals surface area contributed by atoms with Crippen molar-refractivity contribution in [1.82, 2.24) is 14.8 Å². The second-order valence-electron chi connectivity index (χ2n) is 12.4. The molecule has 2 aromatic carbocycles. The Balaban J connectivity index is 1.41. The molecule has 6 rings (SSSR count). The zero-order valence-corrected chi connectivity index (χ0v) is 25.8. The Morgan fingerprint density at radius 1 is 1.13 bits per heavy atom. The Kier molecular flexibility index (Phi) is 8.35. The number of fused-ring (bicyclic) bond motifs is 2. The van der Waals surface area contributed by atoms with Crippen molar-refractivity contribution in [2.45, 2.75) is 57.8 Å². The number of amides is 1. The van der Waals surface area contributed by atoms with Gasteiger partial charge in [-0.2, -0.15) is 5.26 Å². The van der Waals surface area contributed by atoms with E-state index in [4.69, 9.17) is 9.72 Å². The van der Waals surface area contributed by atoms with Crippen LogP contribution in [0.5, 0.6) is 5.88 Å². The molecule has 8 nitrogen and oxygen atoms in total. The molecule has 3 aliphatic heterocycles. The largest absolute Gasteiger partial charge is 0.475 e. The quantitative estimate of drug-likeness (QED) is 0.346. The fourth-order valence-corrected chi connectivity index (χ4v) is 7.26. The molecule has 3 aromatic rings. The number of anilines is 2. The summed E-state index contributed by atoms with van der Waals surface area (Å²) < 4.78 is 49.7. The van der Waals surface area contributed by atoms with Crippen molar-refractivity contribution >= 4 is 28.1 Å². The summed E-state index contributed by atoms with van der Waals surface area (Å²) in [6.45, 7) is 9.79. The number of nitrogens with zero attached hydrogens (tertiary/aromatic N) is 6. The minimum atomic E-state index is -1.00. The predicted octanol–water partition coefficient (Wildman–Crippen LogP) is 5.33. The number of carbonyl (C=O) groups is 1. The van der Waals surface area contributed by atoms with E-state index in [1.54, 1.807) is 18.2 Å². The minimum absolute atomic E-state index is 0.200. The average molecular weight is 619 g/mol. The summed E-state index contributed by atoms with van der Waals surface area (Å²) in [6.07, 6.45) is 2.55. The molecule has 0 radical (unpaired) electrons. The van der Waals surface area contributed by atoms with Crippen molar-refractivity contribution in [3.05, 3.63) is 71.2 Å². The monoisotopic (exact) mass is 618 g/mol. The molecule has 1 amide bonds. The van der Waals surface area contributed by atoms with Crippen LogP contribution >= 0.6 is 0 Å². The number of benzene rings is 2. The van der Waals surface area contributed by atoms with Gasteiger partial charge < -0.3 is 24.3 Å². The molecular weight excluding hydrogens is 581 g/mol. The van der Waals surface area contributed by atoms with Gasteiger partial charge in [0.05, 0.1) is 17.9 Å². The first-order valence-corrected chi connectivity index (χ1v) is 15.4. The lowest BCUT2D eigenvalue weighted by atomic mass is 9.95. The number of pyridine rings is 1. The molecular formula is C34H37F3N6O2. The third-order valence-electron chi connectivity index (χ3n) is 9.44. The van der Waals surface area contributed by atoms with E-state index in [-0.39, 0.29) is 29.4 Å². The number of likely N-dealkylation sites (tertiary alicyclic amines) is 1. The van der Waals surface area contributed by atoms with Gasteiger partial charge in [-0.1, -0.05) is 24.8 Å². The smallest absolute Gasteiger partial charge is 0.282 e. The van der Waals surface area contributed by atoms with Crippen molar-refractivity contribution in [2.24, 2.45) is 0 Å². The first kappa shape index (κ1) is 30.7. The summed E-state index contributed by atoms with van der Waals surface area (Å²) in [5, 5.41) is 11.3. The summed E-state index contributed by atoms with van der Waals surface area (Å²) in [5.74, 6) is -3.29. The van der Waals surface area contributed by atoms with Gasteiger partial charge in [-0.15, -0.1) is 0 Å². The van der Waals surface area contributed by atoms with Gasteiger partial charge in [-0.25, -0.2) is 18.2 Å². The average Bonchev–Trinajstić information content (AvgIpc) is 3.44. The van der Waals surface area contributed by atoms with Crippen molar-refractivity contribution in [3.63, 3.8) is 0 Å². The number of nitriles is 1. The number of aromatic nitrogens is 1. The van der Waals surface area contributed by atoms with Crippen molar-refractivity contribution < 1.29 is 22.7 Å². The van der Waals surface area contributed by atoms with Crippen LogP contribution in [0.15, 0.2) is 42.7 Å². The third-order valence-corrected chi connectivity index (χ3v) is 9.44. The maximum Gasteiger partial charge on any atom is 0.282 e. The molecule has 0 spiro atoms. The molecule has 4 heterocycles. The van der Waals surface area contributed by atoms with Crippen LogP contribution in [0.25, 0.3) is 10.8 Å². The molecule has 0 saturated carbocycles. The van der Waals surface area contributed by atoms with Gasteiger partial charge in [0.15, 0.2) is 17.5 Å². The summed E-state index contributed by atoms with van der Waals surface area (Å²) in [6, 6.07) is 9.92. The second-order valence-corrected chi connectivity index (χ2v) is 12.4. The number of carbonyl (C=O) groups excluding carboxylic acids is 1. The van der Waals surface area contributed by atoms with Gasteiger partial charge in [-0.3, -0.25) is 4.79 Å². The van der Waals surface area contributed by atoms with E-state index in [9.17, 15) is 18.8 Å². The molecule has 0 unspecified atom stereocenters. The lowest BCUT2D eigenvalue weighted by Crippen LogP contribution is -2.59. The predicted molar refractivity (Wildman–Crippen MR) is 167 cm³/mol. The summed E-state index contributed by atoms with van der Waals surface area (Å²) >= 11 is 0. The second kappa shape index (κ2) is 12.2. The van der Waals surface area contributed by atoms with Crippen LogP contribution in [0.2, 0.25) is 0 Å². The maximum absolute atomic E-state index is 15.1. The van der Waals surface area contributed by atoms with Crippen molar-refractivity contribution in [3.8, 4) is 11.9 Å². The SMILES string of the molecule is C=C(F)C(=O)N1[C@H](C)CN(c2c(C#N)c(OC[C@@H]3CCCN3C)nc3c2CCN(c2cccc4ccc(F)c(F)c24)C3)C[C@@H]1C. The lowest BCUT2D eigenvalue weighted by Gasteiger charge is -2.46. The zero-order chi connectivity index (χ0) is 32.0. The van der Waals surface area contributed by atoms with Gasteiger partial charge in [-0.05, 0) is 64.2 Å². The van der Waals surface area contributed by atoms with E-state index >= 15 is 4.39 Å². The standard InChI is InChI=1S/C34H37F3N6O2/c1-20-16-42(17-21(2)43(20)34(44)22(3)35)32-25-12-14-41(29-9-5-7-23-10-11-27(36)31(37)30(23)29)18-28(25)39-33(26(32)15-38)45-19-24-8-6-13-40(24)4/h5,7,9-11,20-21,24H,3,6,8,12-14,16-19H2,1-2,4H3/t20-,21+,24-/m0/s1. The molecule has 3 aliphatic rings. The van der Waals surface area contributed by atoms with E-state index < -0.39 is 23.4 Å². The van der Waals surface area contributed by atoms with E-state index in [1.807, 2.05) is 24.8 Å². The first-order chi connectivity index (χ1) is 21.6. The van der Waals surface area contributed by atoms with Gasteiger partial charge in [0.1, 0.15) is 18.2 Å². The molecule has 3 atom stereocenters. The normalized spacial score (nSPS) is 22.0. The van der Waals surface area contributed by atoms with Crippen LogP contribution in [-0.2, 0) is 17.8 Å². The van der Waals surface area contributed by atoms with Gasteiger partial charge >= 0.3 is 0 Å². The molecule has 2 fully saturated rings. The molecule has 45 heavy (non-hydrogen) atoms. The van der Waals surface area contributed by atoms with E-state index in [0.29, 0.717) is 67.2 Å². The van der Waals surface area contributed by atoms with Crippen LogP contribution < -0.4 is 14.5 Å². The minimum Gasteiger partial charge on any atom is -0.475 e. The van der Waals surface area contributed by atoms with Crippen LogP contribution in [0.4, 0.5) is 24.5 Å². The fraction of sp³-hybridized carbons (Fsp3) is 0.441. The van der Waals surface area contributed by atoms with E-state index in [1.165, 1.54) is 4.90 Å². The van der Waals surface area contributed by atoms with Crippen molar-refractivity contribution in [1.29, 1.82) is 5.26 Å². The molecule has 236 valence electrons. The number of rotatable bonds is 6.